The van der Waals surface area contributed by atoms with Crippen molar-refractivity contribution in [2.24, 2.45) is 0 Å². The van der Waals surface area contributed by atoms with Gasteiger partial charge in [-0.1, -0.05) is 6.07 Å². The third-order valence-electron chi connectivity index (χ3n) is 4.38. The summed E-state index contributed by atoms with van der Waals surface area (Å²) in [5.41, 5.74) is 7.65. The first kappa shape index (κ1) is 21.6. The van der Waals surface area contributed by atoms with E-state index in [-0.39, 0.29) is 11.4 Å². The molecule has 2 aromatic rings. The third-order valence-corrected chi connectivity index (χ3v) is 4.38. The zero-order valence-electron chi connectivity index (χ0n) is 17.4. The van der Waals surface area contributed by atoms with Crippen LogP contribution in [-0.4, -0.2) is 59.0 Å². The van der Waals surface area contributed by atoms with E-state index in [1.54, 1.807) is 26.8 Å². The summed E-state index contributed by atoms with van der Waals surface area (Å²) in [6.45, 7) is 9.15. The maximum absolute atomic E-state index is 12.8. The molecule has 10 nitrogen and oxygen atoms in total. The number of ether oxygens (including phenoxy) is 2. The van der Waals surface area contributed by atoms with E-state index in [0.29, 0.717) is 24.6 Å². The minimum Gasteiger partial charge on any atom is -0.444 e. The average molecular weight is 416 g/mol. The number of hydrogen-bond donors (Lipinski definition) is 4. The van der Waals surface area contributed by atoms with Crippen LogP contribution in [0.1, 0.15) is 36.8 Å². The molecular weight excluding hydrogens is 388 g/mol. The Balaban J connectivity index is 1.68. The van der Waals surface area contributed by atoms with Crippen molar-refractivity contribution in [1.82, 2.24) is 15.1 Å². The lowest BCUT2D eigenvalue weighted by Crippen LogP contribution is -2.35. The highest BCUT2D eigenvalue weighted by Crippen LogP contribution is 2.23. The normalized spacial score (nSPS) is 14.9. The molecule has 1 saturated heterocycles. The first-order valence-corrected chi connectivity index (χ1v) is 9.74. The van der Waals surface area contributed by atoms with E-state index in [1.165, 1.54) is 6.20 Å². The highest BCUT2D eigenvalue weighted by molar-refractivity contribution is 6.09. The molecule has 0 atom stereocenters. The lowest BCUT2D eigenvalue weighted by atomic mass is 10.1. The molecule has 0 bridgehead atoms. The molecule has 0 aliphatic carbocycles. The van der Waals surface area contributed by atoms with Crippen LogP contribution in [0.2, 0.25) is 0 Å². The summed E-state index contributed by atoms with van der Waals surface area (Å²) >= 11 is 0. The molecule has 10 heteroatoms. The number of nitrogens with one attached hydrogen (secondary N) is 3. The molecule has 1 aliphatic rings. The second-order valence-electron chi connectivity index (χ2n) is 8.05. The molecular formula is C20H28N6O4. The van der Waals surface area contributed by atoms with Crippen molar-refractivity contribution in [3.8, 4) is 0 Å². The van der Waals surface area contributed by atoms with Crippen LogP contribution in [0.15, 0.2) is 24.4 Å². The van der Waals surface area contributed by atoms with Gasteiger partial charge in [-0.25, -0.2) is 4.79 Å². The lowest BCUT2D eigenvalue weighted by Gasteiger charge is -2.26. The number of carbonyl (C=O) groups excluding carboxylic acids is 2. The Morgan fingerprint density at radius 2 is 1.97 bits per heavy atom. The van der Waals surface area contributed by atoms with Crippen molar-refractivity contribution in [2.45, 2.75) is 32.9 Å². The fourth-order valence-electron chi connectivity index (χ4n) is 2.98. The number of carbonyl (C=O) groups is 2. The van der Waals surface area contributed by atoms with Gasteiger partial charge in [-0.2, -0.15) is 5.10 Å². The van der Waals surface area contributed by atoms with Gasteiger partial charge in [0.25, 0.3) is 5.91 Å². The van der Waals surface area contributed by atoms with E-state index >= 15 is 0 Å². The summed E-state index contributed by atoms with van der Waals surface area (Å²) in [7, 11) is 0. The quantitative estimate of drug-likeness (QED) is 0.550. The molecule has 0 saturated carbocycles. The number of rotatable bonds is 5. The van der Waals surface area contributed by atoms with Crippen molar-refractivity contribution < 1.29 is 19.1 Å². The Morgan fingerprint density at radius 3 is 2.67 bits per heavy atom. The lowest BCUT2D eigenvalue weighted by molar-refractivity contribution is 0.0342. The van der Waals surface area contributed by atoms with E-state index in [2.05, 4.69) is 25.7 Å². The topological polar surface area (TPSA) is 135 Å². The number of nitrogen functional groups attached to an aromatic ring is 1. The summed E-state index contributed by atoms with van der Waals surface area (Å²) < 4.78 is 10.6. The van der Waals surface area contributed by atoms with Gasteiger partial charge in [0.2, 0.25) is 0 Å². The predicted octanol–water partition coefficient (Wildman–Crippen LogP) is 2.42. The van der Waals surface area contributed by atoms with Crippen molar-refractivity contribution in [1.29, 1.82) is 0 Å². The largest absolute Gasteiger partial charge is 0.444 e. The summed E-state index contributed by atoms with van der Waals surface area (Å²) in [6, 6.07) is 5.55. The number of nitrogens with zero attached hydrogens (tertiary/aromatic N) is 2. The Morgan fingerprint density at radius 1 is 1.23 bits per heavy atom. The van der Waals surface area contributed by atoms with E-state index in [1.807, 2.05) is 12.1 Å². The van der Waals surface area contributed by atoms with E-state index in [9.17, 15) is 9.59 Å². The van der Waals surface area contributed by atoms with Crippen LogP contribution in [0.25, 0.3) is 0 Å². The predicted molar refractivity (Wildman–Crippen MR) is 113 cm³/mol. The number of hydrogen-bond acceptors (Lipinski definition) is 7. The van der Waals surface area contributed by atoms with Gasteiger partial charge in [-0.05, 0) is 38.5 Å². The molecule has 1 aromatic heterocycles. The van der Waals surface area contributed by atoms with Gasteiger partial charge in [0.1, 0.15) is 11.3 Å². The number of amides is 2. The summed E-state index contributed by atoms with van der Waals surface area (Å²) in [4.78, 5) is 27.0. The average Bonchev–Trinajstić information content (AvgIpc) is 3.12. The smallest absolute Gasteiger partial charge is 0.412 e. The molecule has 0 spiro atoms. The van der Waals surface area contributed by atoms with Crippen LogP contribution >= 0.6 is 0 Å². The van der Waals surface area contributed by atoms with Crippen LogP contribution in [0.3, 0.4) is 0 Å². The van der Waals surface area contributed by atoms with Crippen molar-refractivity contribution in [3.63, 3.8) is 0 Å². The van der Waals surface area contributed by atoms with Gasteiger partial charge in [0.15, 0.2) is 0 Å². The molecule has 0 unspecified atom stereocenters. The Labute approximate surface area is 175 Å². The number of anilines is 3. The number of aromatic nitrogens is 2. The first-order chi connectivity index (χ1) is 14.2. The zero-order valence-corrected chi connectivity index (χ0v) is 17.4. The number of aromatic amines is 1. The molecule has 1 fully saturated rings. The third kappa shape index (κ3) is 5.94. The monoisotopic (exact) mass is 416 g/mol. The van der Waals surface area contributed by atoms with Gasteiger partial charge in [-0.15, -0.1) is 0 Å². The van der Waals surface area contributed by atoms with Crippen LogP contribution in [-0.2, 0) is 16.0 Å². The second kappa shape index (κ2) is 9.14. The highest BCUT2D eigenvalue weighted by atomic mass is 16.6. The zero-order chi connectivity index (χ0) is 21.7. The van der Waals surface area contributed by atoms with Gasteiger partial charge in [0.05, 0.1) is 36.5 Å². The maximum atomic E-state index is 12.8. The molecule has 1 aromatic carbocycles. The van der Waals surface area contributed by atoms with Crippen molar-refractivity contribution in [2.75, 3.05) is 42.7 Å². The summed E-state index contributed by atoms with van der Waals surface area (Å²) in [5.74, 6) is -0.478. The fraction of sp³-hybridized carbons (Fsp3) is 0.450. The maximum Gasteiger partial charge on any atom is 0.412 e. The molecule has 30 heavy (non-hydrogen) atoms. The minimum atomic E-state index is -0.676. The summed E-state index contributed by atoms with van der Waals surface area (Å²) in [5, 5.41) is 11.8. The second-order valence-corrected chi connectivity index (χ2v) is 8.05. The van der Waals surface area contributed by atoms with Crippen LogP contribution in [0.5, 0.6) is 0 Å². The van der Waals surface area contributed by atoms with Crippen LogP contribution in [0, 0.1) is 0 Å². The minimum absolute atomic E-state index is 0.0961. The van der Waals surface area contributed by atoms with E-state index in [0.717, 1.165) is 25.2 Å². The SMILES string of the molecule is CC(C)(C)OC(=O)Nc1cn[nH]c1C(=O)Nc1cc(CN2CCOCC2)ccc1N. The number of H-pyrrole nitrogens is 1. The molecule has 1 aliphatic heterocycles. The van der Waals surface area contributed by atoms with Crippen molar-refractivity contribution in [3.05, 3.63) is 35.7 Å². The number of nitrogens with two attached hydrogens (primary N) is 1. The van der Waals surface area contributed by atoms with Crippen LogP contribution < -0.4 is 16.4 Å². The molecule has 3 rings (SSSR count). The highest BCUT2D eigenvalue weighted by Gasteiger charge is 2.21. The van der Waals surface area contributed by atoms with E-state index < -0.39 is 17.6 Å². The van der Waals surface area contributed by atoms with Gasteiger partial charge >= 0.3 is 6.09 Å². The summed E-state index contributed by atoms with van der Waals surface area (Å²) in [6.07, 6.45) is 0.668. The van der Waals surface area contributed by atoms with E-state index in [4.69, 9.17) is 15.2 Å². The first-order valence-electron chi connectivity index (χ1n) is 9.74. The molecule has 162 valence electrons. The molecule has 2 heterocycles. The van der Waals surface area contributed by atoms with Gasteiger partial charge in [-0.3, -0.25) is 20.1 Å². The number of benzene rings is 1. The van der Waals surface area contributed by atoms with Gasteiger partial charge < -0.3 is 20.5 Å². The van der Waals surface area contributed by atoms with Crippen molar-refractivity contribution >= 4 is 29.1 Å². The van der Waals surface area contributed by atoms with Gasteiger partial charge in [0, 0.05) is 19.6 Å². The number of morpholine rings is 1. The molecule has 2 amide bonds. The Hall–Kier alpha value is -3.11. The Kier molecular flexibility index (Phi) is 6.58. The van der Waals surface area contributed by atoms with Crippen LogP contribution in [0.4, 0.5) is 21.9 Å². The standard InChI is InChI=1S/C20H28N6O4/c1-20(2,3)30-19(28)24-16-11-22-25-17(16)18(27)23-15-10-13(4-5-14(15)21)12-26-6-8-29-9-7-26/h4-5,10-11H,6-9,12,21H2,1-3H3,(H,22,25)(H,23,27)(H,24,28). The Bertz CT molecular complexity index is 899. The fourth-order valence-corrected chi connectivity index (χ4v) is 2.98. The molecule has 0 radical (unpaired) electrons. The molecule has 5 N–H and O–H groups in total.